The van der Waals surface area contributed by atoms with Gasteiger partial charge in [-0.1, -0.05) is 24.3 Å². The van der Waals surface area contributed by atoms with Gasteiger partial charge in [-0.15, -0.1) is 0 Å². The number of anilines is 2. The second-order valence-corrected chi connectivity index (χ2v) is 6.34. The number of rotatable bonds is 2. The van der Waals surface area contributed by atoms with Gasteiger partial charge in [-0.25, -0.2) is 0 Å². The molecule has 2 heterocycles. The summed E-state index contributed by atoms with van der Waals surface area (Å²) in [5, 5.41) is 10.8. The largest absolute Gasteiger partial charge is 0.453 e. The molecule has 2 aliphatic heterocycles. The van der Waals surface area contributed by atoms with Crippen LogP contribution in [0.5, 0.6) is 11.5 Å². The Hall–Kier alpha value is -1.35. The summed E-state index contributed by atoms with van der Waals surface area (Å²) in [7, 11) is 0. The van der Waals surface area contributed by atoms with Crippen LogP contribution in [0.3, 0.4) is 0 Å². The van der Waals surface area contributed by atoms with Gasteiger partial charge in [0.05, 0.1) is 42.8 Å². The highest BCUT2D eigenvalue weighted by Gasteiger charge is 2.39. The lowest BCUT2D eigenvalue weighted by atomic mass is 9.98. The van der Waals surface area contributed by atoms with Crippen LogP contribution in [0.4, 0.5) is 11.4 Å². The van der Waals surface area contributed by atoms with Crippen molar-refractivity contribution in [3.63, 3.8) is 0 Å². The molecule has 120 valence electrons. The van der Waals surface area contributed by atoms with E-state index in [2.05, 4.69) is 31.3 Å². The van der Waals surface area contributed by atoms with Gasteiger partial charge in [0.2, 0.25) is 0 Å². The first-order valence-electron chi connectivity index (χ1n) is 7.56. The molecule has 0 bridgehead atoms. The molecule has 2 aromatic carbocycles. The van der Waals surface area contributed by atoms with Crippen LogP contribution in [-0.4, -0.2) is 36.5 Å². The zero-order valence-corrected chi connectivity index (χ0v) is 14.5. The molecule has 0 aromatic heterocycles. The number of halogens is 1. The fourth-order valence-electron chi connectivity index (χ4n) is 3.19. The van der Waals surface area contributed by atoms with E-state index in [1.165, 1.54) is 0 Å². The van der Waals surface area contributed by atoms with Gasteiger partial charge in [0, 0.05) is 22.9 Å². The number of hydrogen-bond donors (Lipinski definition) is 2. The average molecular weight is 424 g/mol. The van der Waals surface area contributed by atoms with E-state index < -0.39 is 6.10 Å². The molecule has 3 atom stereocenters. The molecular weight excluding hydrogens is 407 g/mol. The molecule has 0 spiro atoms. The predicted molar refractivity (Wildman–Crippen MR) is 96.7 cm³/mol. The van der Waals surface area contributed by atoms with Crippen molar-refractivity contribution in [1.29, 1.82) is 0 Å². The standard InChI is InChI=1S/C17H17IN2O3/c18-19-11-9-22-10-14(17(11)21)20-12-5-1-3-7-15(12)23-16-8-4-2-6-13(16)20/h1-8,11,14,17,19,21H,9-10H2/t11-,14?,17+/m0/s1. The second-order valence-electron chi connectivity index (χ2n) is 5.72. The van der Waals surface area contributed by atoms with Gasteiger partial charge in [0.25, 0.3) is 0 Å². The lowest BCUT2D eigenvalue weighted by Gasteiger charge is -2.44. The van der Waals surface area contributed by atoms with Gasteiger partial charge in [-0.2, -0.15) is 0 Å². The Bertz CT molecular complexity index is 666. The highest BCUT2D eigenvalue weighted by Crippen LogP contribution is 2.48. The molecular formula is C17H17IN2O3. The summed E-state index contributed by atoms with van der Waals surface area (Å²) in [4.78, 5) is 2.14. The van der Waals surface area contributed by atoms with E-state index in [0.29, 0.717) is 13.2 Å². The van der Waals surface area contributed by atoms with E-state index in [-0.39, 0.29) is 12.1 Å². The quantitative estimate of drug-likeness (QED) is 0.574. The molecule has 2 aromatic rings. The Balaban J connectivity index is 1.81. The zero-order chi connectivity index (χ0) is 15.8. The number of benzene rings is 2. The molecule has 0 aliphatic carbocycles. The molecule has 0 radical (unpaired) electrons. The lowest BCUT2D eigenvalue weighted by molar-refractivity contribution is -0.0223. The van der Waals surface area contributed by atoms with E-state index in [1.54, 1.807) is 0 Å². The van der Waals surface area contributed by atoms with Gasteiger partial charge < -0.3 is 19.5 Å². The van der Waals surface area contributed by atoms with Crippen molar-refractivity contribution in [2.24, 2.45) is 0 Å². The highest BCUT2D eigenvalue weighted by molar-refractivity contribution is 14.1. The Morgan fingerprint density at radius 3 is 2.22 bits per heavy atom. The maximum Gasteiger partial charge on any atom is 0.151 e. The maximum absolute atomic E-state index is 10.8. The van der Waals surface area contributed by atoms with Crippen molar-refractivity contribution in [3.05, 3.63) is 48.5 Å². The summed E-state index contributed by atoms with van der Waals surface area (Å²) in [5.74, 6) is 1.59. The molecule has 2 aliphatic rings. The molecule has 6 heteroatoms. The van der Waals surface area contributed by atoms with Gasteiger partial charge in [-0.3, -0.25) is 3.53 Å². The highest BCUT2D eigenvalue weighted by atomic mass is 127. The van der Waals surface area contributed by atoms with Crippen molar-refractivity contribution in [2.45, 2.75) is 18.2 Å². The van der Waals surface area contributed by atoms with Gasteiger partial charge in [0.1, 0.15) is 0 Å². The van der Waals surface area contributed by atoms with Crippen LogP contribution in [0.2, 0.25) is 0 Å². The monoisotopic (exact) mass is 424 g/mol. The number of aliphatic hydroxyl groups excluding tert-OH is 1. The minimum absolute atomic E-state index is 0.100. The van der Waals surface area contributed by atoms with Crippen molar-refractivity contribution in [1.82, 2.24) is 3.53 Å². The van der Waals surface area contributed by atoms with E-state index in [9.17, 15) is 5.11 Å². The van der Waals surface area contributed by atoms with Crippen LogP contribution in [-0.2, 0) is 4.74 Å². The van der Waals surface area contributed by atoms with Crippen LogP contribution < -0.4 is 13.2 Å². The van der Waals surface area contributed by atoms with Gasteiger partial charge >= 0.3 is 0 Å². The molecule has 2 N–H and O–H groups in total. The average Bonchev–Trinajstić information content (AvgIpc) is 2.60. The maximum atomic E-state index is 10.8. The van der Waals surface area contributed by atoms with E-state index >= 15 is 0 Å². The predicted octanol–water partition coefficient (Wildman–Crippen LogP) is 3.00. The summed E-state index contributed by atoms with van der Waals surface area (Å²) in [5.41, 5.74) is 1.90. The molecule has 0 saturated carbocycles. The fraction of sp³-hybridized carbons (Fsp3) is 0.294. The minimum atomic E-state index is -0.542. The third kappa shape index (κ3) is 2.59. The Morgan fingerprint density at radius 2 is 1.61 bits per heavy atom. The molecule has 1 saturated heterocycles. The molecule has 0 amide bonds. The number of para-hydroxylation sites is 4. The number of aliphatic hydroxyl groups is 1. The summed E-state index contributed by atoms with van der Waals surface area (Å²) in [6.07, 6.45) is -0.542. The van der Waals surface area contributed by atoms with E-state index in [4.69, 9.17) is 9.47 Å². The summed E-state index contributed by atoms with van der Waals surface area (Å²) < 4.78 is 14.8. The Morgan fingerprint density at radius 1 is 1.00 bits per heavy atom. The second kappa shape index (κ2) is 6.27. The first kappa shape index (κ1) is 15.2. The summed E-state index contributed by atoms with van der Waals surface area (Å²) >= 11 is 2.07. The molecule has 23 heavy (non-hydrogen) atoms. The minimum Gasteiger partial charge on any atom is -0.453 e. The summed E-state index contributed by atoms with van der Waals surface area (Å²) in [6.45, 7) is 0.979. The third-order valence-corrected chi connectivity index (χ3v) is 5.13. The van der Waals surface area contributed by atoms with E-state index in [1.807, 2.05) is 48.5 Å². The van der Waals surface area contributed by atoms with Crippen LogP contribution in [0, 0.1) is 0 Å². The van der Waals surface area contributed by atoms with E-state index in [0.717, 1.165) is 22.9 Å². The number of nitrogens with zero attached hydrogens (tertiary/aromatic N) is 1. The van der Waals surface area contributed by atoms with Crippen LogP contribution in [0.25, 0.3) is 0 Å². The fourth-order valence-corrected chi connectivity index (χ4v) is 3.74. The Kier molecular flexibility index (Phi) is 4.14. The van der Waals surface area contributed by atoms with Crippen molar-refractivity contribution < 1.29 is 14.6 Å². The topological polar surface area (TPSA) is 54.0 Å². The molecule has 5 nitrogen and oxygen atoms in total. The molecule has 4 rings (SSSR count). The van der Waals surface area contributed by atoms with Crippen molar-refractivity contribution >= 4 is 34.2 Å². The zero-order valence-electron chi connectivity index (χ0n) is 12.4. The lowest BCUT2D eigenvalue weighted by Crippen LogP contribution is -2.58. The molecule has 1 fully saturated rings. The van der Waals surface area contributed by atoms with Crippen molar-refractivity contribution in [2.75, 3.05) is 18.1 Å². The van der Waals surface area contributed by atoms with Crippen LogP contribution in [0.1, 0.15) is 0 Å². The first-order chi connectivity index (χ1) is 11.3. The molecule has 1 unspecified atom stereocenters. The smallest absolute Gasteiger partial charge is 0.151 e. The van der Waals surface area contributed by atoms with Crippen LogP contribution in [0.15, 0.2) is 48.5 Å². The summed E-state index contributed by atoms with van der Waals surface area (Å²) in [6, 6.07) is 15.5. The first-order valence-corrected chi connectivity index (χ1v) is 8.64. The number of fused-ring (bicyclic) bond motifs is 2. The number of ether oxygens (including phenoxy) is 2. The third-order valence-electron chi connectivity index (χ3n) is 4.33. The van der Waals surface area contributed by atoms with Crippen LogP contribution >= 0.6 is 22.9 Å². The number of hydrogen-bond acceptors (Lipinski definition) is 5. The SMILES string of the molecule is O[C@H]1C(N2c3ccccc3Oc3ccccc32)COC[C@@H]1NI. The van der Waals surface area contributed by atoms with Gasteiger partial charge in [-0.05, 0) is 24.3 Å². The van der Waals surface area contributed by atoms with Gasteiger partial charge in [0.15, 0.2) is 11.5 Å². The normalized spacial score (nSPS) is 26.2. The van der Waals surface area contributed by atoms with Crippen molar-refractivity contribution in [3.8, 4) is 11.5 Å². The number of nitrogens with one attached hydrogen (secondary N) is 1. The Labute approximate surface area is 148 Å².